The molecule has 4 aliphatic rings. The van der Waals surface area contributed by atoms with Gasteiger partial charge in [-0.2, -0.15) is 0 Å². The molecule has 0 fully saturated rings. The molecule has 0 radical (unpaired) electrons. The van der Waals surface area contributed by atoms with Crippen LogP contribution < -0.4 is 5.32 Å². The van der Waals surface area contributed by atoms with E-state index in [1.54, 1.807) is 11.8 Å². The maximum absolute atomic E-state index is 3.81. The van der Waals surface area contributed by atoms with Gasteiger partial charge in [0.25, 0.3) is 0 Å². The highest BCUT2D eigenvalue weighted by molar-refractivity contribution is 9.15. The molecule has 0 bridgehead atoms. The van der Waals surface area contributed by atoms with E-state index in [-0.39, 0.29) is 0 Å². The SMILES string of the molecule is C1=CNCC=N1.CCC1CC=C(Br)c2ccc3c(c21)C=CC1=CC=CCC13. The Morgan fingerprint density at radius 3 is 2.85 bits per heavy atom. The van der Waals surface area contributed by atoms with Gasteiger partial charge in [-0.05, 0) is 53.0 Å². The molecule has 2 atom stereocenters. The molecule has 3 heteroatoms. The van der Waals surface area contributed by atoms with Crippen molar-refractivity contribution >= 4 is 32.7 Å². The first kappa shape index (κ1) is 18.2. The Labute approximate surface area is 170 Å². The number of nitrogens with one attached hydrogen (secondary N) is 1. The smallest absolute Gasteiger partial charge is 0.0498 e. The van der Waals surface area contributed by atoms with Gasteiger partial charge >= 0.3 is 0 Å². The molecule has 0 amide bonds. The number of nitrogens with zero attached hydrogens (tertiary/aromatic N) is 1. The molecule has 1 aliphatic heterocycles. The standard InChI is InChI=1S/C20H19Br.C4H6N2/c1-2-13-8-12-19(21)18-11-10-16-15-6-4-3-5-14(15)7-9-17(16)20(13)18;1-2-6-4-3-5-1/h3-5,7,9-13,15H,2,6,8H2,1H3;1-3,6H,4H2. The van der Waals surface area contributed by atoms with Gasteiger partial charge in [0, 0.05) is 35.6 Å². The van der Waals surface area contributed by atoms with Gasteiger partial charge in [-0.25, -0.2) is 0 Å². The molecular weight excluding hydrogens is 396 g/mol. The van der Waals surface area contributed by atoms with Gasteiger partial charge in [-0.1, -0.05) is 71.4 Å². The Bertz CT molecular complexity index is 887. The average Bonchev–Trinajstić information content (AvgIpc) is 2.75. The van der Waals surface area contributed by atoms with Crippen molar-refractivity contribution in [3.05, 3.63) is 82.7 Å². The molecule has 1 aromatic rings. The summed E-state index contributed by atoms with van der Waals surface area (Å²) in [5.74, 6) is 1.22. The van der Waals surface area contributed by atoms with Crippen LogP contribution in [0.25, 0.3) is 10.6 Å². The number of hydrogen-bond donors (Lipinski definition) is 1. The van der Waals surface area contributed by atoms with Crippen LogP contribution in [0.15, 0.2) is 65.5 Å². The van der Waals surface area contributed by atoms with E-state index in [4.69, 9.17) is 0 Å². The number of benzene rings is 1. The van der Waals surface area contributed by atoms with Crippen LogP contribution in [0.5, 0.6) is 0 Å². The van der Waals surface area contributed by atoms with Crippen LogP contribution in [0.4, 0.5) is 0 Å². The molecule has 138 valence electrons. The third kappa shape index (κ3) is 3.66. The van der Waals surface area contributed by atoms with Crippen LogP contribution in [-0.2, 0) is 0 Å². The molecule has 0 saturated heterocycles. The number of aliphatic imine (C=N–C) groups is 1. The van der Waals surface area contributed by atoms with Crippen LogP contribution in [0, 0.1) is 0 Å². The first-order chi connectivity index (χ1) is 13.3. The minimum absolute atomic E-state index is 0.558. The zero-order chi connectivity index (χ0) is 18.6. The van der Waals surface area contributed by atoms with E-state index < -0.39 is 0 Å². The average molecular weight is 421 g/mol. The molecule has 1 N–H and O–H groups in total. The molecule has 5 rings (SSSR count). The second-order valence-corrected chi connectivity index (χ2v) is 8.05. The van der Waals surface area contributed by atoms with Crippen LogP contribution in [0.1, 0.15) is 60.3 Å². The minimum atomic E-state index is 0.558. The van der Waals surface area contributed by atoms with Crippen LogP contribution in [0.2, 0.25) is 0 Å². The van der Waals surface area contributed by atoms with Crippen LogP contribution in [0.3, 0.4) is 0 Å². The van der Waals surface area contributed by atoms with Gasteiger partial charge in [0.05, 0.1) is 0 Å². The maximum Gasteiger partial charge on any atom is 0.0498 e. The van der Waals surface area contributed by atoms with Crippen molar-refractivity contribution in [1.29, 1.82) is 0 Å². The van der Waals surface area contributed by atoms with E-state index in [2.05, 4.69) is 81.8 Å². The molecule has 1 heterocycles. The lowest BCUT2D eigenvalue weighted by Gasteiger charge is -2.32. The Kier molecular flexibility index (Phi) is 5.58. The predicted molar refractivity (Wildman–Crippen MR) is 120 cm³/mol. The quantitative estimate of drug-likeness (QED) is 0.554. The monoisotopic (exact) mass is 420 g/mol. The van der Waals surface area contributed by atoms with Gasteiger partial charge in [-0.3, -0.25) is 4.99 Å². The Balaban J connectivity index is 0.000000257. The molecule has 2 unspecified atom stereocenters. The molecule has 0 saturated carbocycles. The second kappa shape index (κ2) is 8.26. The highest BCUT2D eigenvalue weighted by Gasteiger charge is 2.28. The normalized spacial score (nSPS) is 23.8. The molecule has 0 spiro atoms. The molecular formula is C24H25BrN2. The lowest BCUT2D eigenvalue weighted by atomic mass is 9.73. The maximum atomic E-state index is 3.81. The lowest BCUT2D eigenvalue weighted by molar-refractivity contribution is 0.662. The zero-order valence-electron chi connectivity index (χ0n) is 15.7. The van der Waals surface area contributed by atoms with Crippen molar-refractivity contribution < 1.29 is 0 Å². The summed E-state index contributed by atoms with van der Waals surface area (Å²) in [6.07, 6.45) is 22.6. The fourth-order valence-electron chi connectivity index (χ4n) is 4.27. The minimum Gasteiger partial charge on any atom is -0.385 e. The largest absolute Gasteiger partial charge is 0.385 e. The summed E-state index contributed by atoms with van der Waals surface area (Å²) in [5, 5.41) is 2.95. The van der Waals surface area contributed by atoms with E-state index >= 15 is 0 Å². The van der Waals surface area contributed by atoms with Crippen molar-refractivity contribution in [2.24, 2.45) is 4.99 Å². The molecule has 27 heavy (non-hydrogen) atoms. The molecule has 3 aliphatic carbocycles. The summed E-state index contributed by atoms with van der Waals surface area (Å²) in [6.45, 7) is 3.18. The number of halogens is 1. The lowest BCUT2D eigenvalue weighted by Crippen LogP contribution is -2.14. The predicted octanol–water partition coefficient (Wildman–Crippen LogP) is 6.45. The fraction of sp³-hybridized carbons (Fsp3) is 0.292. The number of rotatable bonds is 1. The van der Waals surface area contributed by atoms with Gasteiger partial charge < -0.3 is 5.32 Å². The first-order valence-corrected chi connectivity index (χ1v) is 10.6. The molecule has 0 aromatic heterocycles. The molecule has 2 nitrogen and oxygen atoms in total. The Hall–Kier alpha value is -2.13. The van der Waals surface area contributed by atoms with Gasteiger partial charge in [-0.15, -0.1) is 0 Å². The van der Waals surface area contributed by atoms with E-state index in [9.17, 15) is 0 Å². The summed E-state index contributed by atoms with van der Waals surface area (Å²) in [4.78, 5) is 3.81. The van der Waals surface area contributed by atoms with E-state index in [1.165, 1.54) is 33.2 Å². The van der Waals surface area contributed by atoms with Crippen molar-refractivity contribution in [2.75, 3.05) is 6.54 Å². The second-order valence-electron chi connectivity index (χ2n) is 7.19. The molecule has 1 aromatic carbocycles. The highest BCUT2D eigenvalue weighted by atomic mass is 79.9. The van der Waals surface area contributed by atoms with Gasteiger partial charge in [0.1, 0.15) is 0 Å². The number of fused-ring (bicyclic) bond motifs is 5. The highest BCUT2D eigenvalue weighted by Crippen LogP contribution is 2.47. The summed E-state index contributed by atoms with van der Waals surface area (Å²) >= 11 is 3.75. The van der Waals surface area contributed by atoms with Crippen molar-refractivity contribution in [3.8, 4) is 0 Å². The summed E-state index contributed by atoms with van der Waals surface area (Å²) in [5.41, 5.74) is 7.43. The number of hydrogen-bond acceptors (Lipinski definition) is 2. The Morgan fingerprint density at radius 2 is 2.15 bits per heavy atom. The van der Waals surface area contributed by atoms with E-state index in [0.29, 0.717) is 11.8 Å². The third-order valence-electron chi connectivity index (χ3n) is 5.67. The summed E-state index contributed by atoms with van der Waals surface area (Å²) < 4.78 is 1.27. The van der Waals surface area contributed by atoms with Crippen molar-refractivity contribution in [2.45, 2.75) is 38.0 Å². The van der Waals surface area contributed by atoms with Crippen molar-refractivity contribution in [1.82, 2.24) is 5.32 Å². The first-order valence-electron chi connectivity index (χ1n) is 9.77. The van der Waals surface area contributed by atoms with Crippen LogP contribution in [-0.4, -0.2) is 12.8 Å². The van der Waals surface area contributed by atoms with Gasteiger partial charge in [0.2, 0.25) is 0 Å². The Morgan fingerprint density at radius 1 is 1.22 bits per heavy atom. The zero-order valence-corrected chi connectivity index (χ0v) is 17.2. The van der Waals surface area contributed by atoms with Gasteiger partial charge in [0.15, 0.2) is 0 Å². The fourth-order valence-corrected chi connectivity index (χ4v) is 4.80. The van der Waals surface area contributed by atoms with E-state index in [0.717, 1.165) is 19.4 Å². The summed E-state index contributed by atoms with van der Waals surface area (Å²) in [7, 11) is 0. The van der Waals surface area contributed by atoms with Crippen molar-refractivity contribution in [3.63, 3.8) is 0 Å². The number of allylic oxidation sites excluding steroid dienone is 6. The van der Waals surface area contributed by atoms with Crippen LogP contribution >= 0.6 is 15.9 Å². The third-order valence-corrected chi connectivity index (χ3v) is 6.42. The topological polar surface area (TPSA) is 24.4 Å². The van der Waals surface area contributed by atoms with E-state index in [1.807, 2.05) is 12.4 Å². The summed E-state index contributed by atoms with van der Waals surface area (Å²) in [6, 6.07) is 4.67.